The van der Waals surface area contributed by atoms with Crippen LogP contribution in [0.25, 0.3) is 0 Å². The van der Waals surface area contributed by atoms with Crippen LogP contribution in [0.5, 0.6) is 5.75 Å². The maximum atomic E-state index is 13.2. The summed E-state index contributed by atoms with van der Waals surface area (Å²) in [6.45, 7) is 2.61. The van der Waals surface area contributed by atoms with Gasteiger partial charge in [-0.2, -0.15) is 0 Å². The van der Waals surface area contributed by atoms with Gasteiger partial charge in [-0.25, -0.2) is 0 Å². The molecule has 1 atom stereocenters. The number of rotatable bonds is 7. The third-order valence-electron chi connectivity index (χ3n) is 4.76. The van der Waals surface area contributed by atoms with E-state index in [9.17, 15) is 19.8 Å². The quantitative estimate of drug-likeness (QED) is 0.718. The number of amides is 1. The number of hydrogen-bond donors (Lipinski definition) is 2. The van der Waals surface area contributed by atoms with E-state index in [0.29, 0.717) is 17.8 Å². The molecule has 0 saturated carbocycles. The number of aliphatic carboxylic acids is 1. The summed E-state index contributed by atoms with van der Waals surface area (Å²) < 4.78 is 0. The molecular formula is C22H24N2O4. The first-order valence-corrected chi connectivity index (χ1v) is 9.51. The summed E-state index contributed by atoms with van der Waals surface area (Å²) >= 11 is 0. The van der Waals surface area contributed by atoms with Crippen molar-refractivity contribution in [1.82, 2.24) is 0 Å². The van der Waals surface area contributed by atoms with Gasteiger partial charge in [-0.05, 0) is 24.6 Å². The van der Waals surface area contributed by atoms with Crippen molar-refractivity contribution in [2.45, 2.75) is 38.6 Å². The highest BCUT2D eigenvalue weighted by Gasteiger charge is 2.33. The van der Waals surface area contributed by atoms with E-state index in [1.165, 1.54) is 0 Å². The number of benzodiazepines with no additional fused rings is 1. The molecule has 0 spiro atoms. The van der Waals surface area contributed by atoms with E-state index in [4.69, 9.17) is 0 Å². The van der Waals surface area contributed by atoms with Gasteiger partial charge < -0.3 is 15.1 Å². The minimum atomic E-state index is -1.07. The predicted molar refractivity (Wildman–Crippen MR) is 108 cm³/mol. The number of phenols is 1. The molecule has 28 heavy (non-hydrogen) atoms. The fraction of sp³-hybridized carbons (Fsp3) is 0.318. The Morgan fingerprint density at radius 1 is 1.14 bits per heavy atom. The molecule has 0 bridgehead atoms. The molecule has 1 amide bonds. The maximum Gasteiger partial charge on any atom is 0.306 e. The first-order valence-electron chi connectivity index (χ1n) is 9.51. The lowest BCUT2D eigenvalue weighted by Crippen LogP contribution is -2.39. The third kappa shape index (κ3) is 4.22. The summed E-state index contributed by atoms with van der Waals surface area (Å²) in [6, 6.07) is 13.1. The molecule has 2 aromatic rings. The number of hydrogen-bond acceptors (Lipinski definition) is 4. The Labute approximate surface area is 164 Å². The zero-order valence-corrected chi connectivity index (χ0v) is 15.8. The van der Waals surface area contributed by atoms with Crippen molar-refractivity contribution in [3.63, 3.8) is 0 Å². The van der Waals surface area contributed by atoms with Crippen molar-refractivity contribution >= 4 is 23.3 Å². The Bertz CT molecular complexity index is 907. The molecule has 2 N–H and O–H groups in total. The van der Waals surface area contributed by atoms with E-state index in [1.54, 1.807) is 29.2 Å². The van der Waals surface area contributed by atoms with Crippen LogP contribution in [0.1, 0.15) is 43.7 Å². The number of phenolic OH excluding ortho intramolecular Hbond substituents is 1. The van der Waals surface area contributed by atoms with Gasteiger partial charge in [0.2, 0.25) is 0 Å². The van der Waals surface area contributed by atoms with Crippen LogP contribution in [0.2, 0.25) is 0 Å². The van der Waals surface area contributed by atoms with E-state index in [2.05, 4.69) is 11.9 Å². The van der Waals surface area contributed by atoms with Crippen LogP contribution in [0.4, 0.5) is 5.69 Å². The molecule has 1 unspecified atom stereocenters. The van der Waals surface area contributed by atoms with Crippen LogP contribution >= 0.6 is 0 Å². The molecule has 0 aromatic heterocycles. The number of carbonyl (C=O) groups is 2. The van der Waals surface area contributed by atoms with Crippen LogP contribution in [-0.2, 0) is 9.59 Å². The lowest BCUT2D eigenvalue weighted by molar-refractivity contribution is -0.139. The van der Waals surface area contributed by atoms with Crippen molar-refractivity contribution in [2.24, 2.45) is 4.99 Å². The van der Waals surface area contributed by atoms with Gasteiger partial charge in [-0.3, -0.25) is 14.6 Å². The van der Waals surface area contributed by atoms with Gasteiger partial charge in [-0.1, -0.05) is 50.1 Å². The van der Waals surface area contributed by atoms with Crippen LogP contribution < -0.4 is 4.90 Å². The molecule has 1 aliphatic heterocycles. The van der Waals surface area contributed by atoms with Gasteiger partial charge in [0.15, 0.2) is 0 Å². The third-order valence-corrected chi connectivity index (χ3v) is 4.76. The van der Waals surface area contributed by atoms with E-state index < -0.39 is 12.0 Å². The van der Waals surface area contributed by atoms with E-state index in [1.807, 2.05) is 24.3 Å². The fourth-order valence-corrected chi connectivity index (χ4v) is 3.42. The molecular weight excluding hydrogens is 356 g/mol. The number of para-hydroxylation sites is 1. The summed E-state index contributed by atoms with van der Waals surface area (Å²) in [5, 5.41) is 19.2. The van der Waals surface area contributed by atoms with Gasteiger partial charge in [0, 0.05) is 17.7 Å². The SMILES string of the molecule is CCCCCN1C(=O)C(CC(=O)O)N=C(c2cccc(O)c2)c2ccccc21. The Morgan fingerprint density at radius 3 is 2.64 bits per heavy atom. The van der Waals surface area contributed by atoms with Crippen molar-refractivity contribution in [3.05, 3.63) is 59.7 Å². The standard InChI is InChI=1S/C22H24N2O4/c1-2-3-6-12-24-19-11-5-4-10-17(19)21(15-8-7-9-16(25)13-15)23-18(22(24)28)14-20(26)27/h4-5,7-11,13,18,25H,2-3,6,12,14H2,1H3,(H,26,27). The van der Waals surface area contributed by atoms with Crippen molar-refractivity contribution in [3.8, 4) is 5.75 Å². The lowest BCUT2D eigenvalue weighted by Gasteiger charge is -2.25. The summed E-state index contributed by atoms with van der Waals surface area (Å²) in [7, 11) is 0. The zero-order valence-electron chi connectivity index (χ0n) is 15.8. The summed E-state index contributed by atoms with van der Waals surface area (Å²) in [4.78, 5) is 30.8. The second kappa shape index (κ2) is 8.69. The Morgan fingerprint density at radius 2 is 1.93 bits per heavy atom. The number of aromatic hydroxyl groups is 1. The molecule has 146 valence electrons. The number of fused-ring (bicyclic) bond motifs is 1. The molecule has 3 rings (SSSR count). The van der Waals surface area contributed by atoms with Crippen molar-refractivity contribution in [2.75, 3.05) is 11.4 Å². The number of anilines is 1. The number of unbranched alkanes of at least 4 members (excludes halogenated alkanes) is 2. The first-order chi connectivity index (χ1) is 13.5. The summed E-state index contributed by atoms with van der Waals surface area (Å²) in [5.41, 5.74) is 2.64. The first kappa shape index (κ1) is 19.6. The Hall–Kier alpha value is -3.15. The van der Waals surface area contributed by atoms with E-state index in [0.717, 1.165) is 30.5 Å². The van der Waals surface area contributed by atoms with Gasteiger partial charge >= 0.3 is 5.97 Å². The van der Waals surface area contributed by atoms with Crippen LogP contribution in [0, 0.1) is 0 Å². The van der Waals surface area contributed by atoms with Crippen LogP contribution in [-0.4, -0.2) is 40.4 Å². The molecule has 0 radical (unpaired) electrons. The number of benzene rings is 2. The molecule has 0 aliphatic carbocycles. The topological polar surface area (TPSA) is 90.2 Å². The maximum absolute atomic E-state index is 13.2. The van der Waals surface area contributed by atoms with Gasteiger partial charge in [0.25, 0.3) is 5.91 Å². The second-order valence-corrected chi connectivity index (χ2v) is 6.86. The highest BCUT2D eigenvalue weighted by Crippen LogP contribution is 2.30. The van der Waals surface area contributed by atoms with Gasteiger partial charge in [0.1, 0.15) is 11.8 Å². The Balaban J connectivity index is 2.14. The van der Waals surface area contributed by atoms with Crippen LogP contribution in [0.15, 0.2) is 53.5 Å². The Kier molecular flexibility index (Phi) is 6.09. The molecule has 0 saturated heterocycles. The minimum Gasteiger partial charge on any atom is -0.508 e. The molecule has 6 nitrogen and oxygen atoms in total. The monoisotopic (exact) mass is 380 g/mol. The number of carboxylic acids is 1. The minimum absolute atomic E-state index is 0.0860. The van der Waals surface area contributed by atoms with E-state index >= 15 is 0 Å². The molecule has 2 aromatic carbocycles. The number of nitrogens with zero attached hydrogens (tertiary/aromatic N) is 2. The second-order valence-electron chi connectivity index (χ2n) is 6.86. The largest absolute Gasteiger partial charge is 0.508 e. The van der Waals surface area contributed by atoms with E-state index in [-0.39, 0.29) is 18.1 Å². The van der Waals surface area contributed by atoms with Crippen LogP contribution in [0.3, 0.4) is 0 Å². The average Bonchev–Trinajstić information content (AvgIpc) is 2.78. The smallest absolute Gasteiger partial charge is 0.306 e. The average molecular weight is 380 g/mol. The lowest BCUT2D eigenvalue weighted by atomic mass is 10.00. The highest BCUT2D eigenvalue weighted by atomic mass is 16.4. The fourth-order valence-electron chi connectivity index (χ4n) is 3.42. The normalized spacial score (nSPS) is 16.3. The molecule has 0 fully saturated rings. The van der Waals surface area contributed by atoms with Crippen molar-refractivity contribution in [1.29, 1.82) is 0 Å². The zero-order chi connectivity index (χ0) is 20.1. The number of aliphatic imine (C=N–C) groups is 1. The van der Waals surface area contributed by atoms with Crippen molar-refractivity contribution < 1.29 is 19.8 Å². The van der Waals surface area contributed by atoms with Gasteiger partial charge in [-0.15, -0.1) is 0 Å². The number of carboxylic acid groups (broad SMARTS) is 1. The highest BCUT2D eigenvalue weighted by molar-refractivity contribution is 6.20. The predicted octanol–water partition coefficient (Wildman–Crippen LogP) is 3.61. The summed E-state index contributed by atoms with van der Waals surface area (Å²) in [6.07, 6.45) is 2.46. The summed E-state index contributed by atoms with van der Waals surface area (Å²) in [5.74, 6) is -1.29. The molecule has 1 aliphatic rings. The molecule has 6 heteroatoms. The number of carbonyl (C=O) groups excluding carboxylic acids is 1. The molecule has 1 heterocycles. The van der Waals surface area contributed by atoms with Gasteiger partial charge in [0.05, 0.1) is 17.8 Å².